The lowest BCUT2D eigenvalue weighted by molar-refractivity contribution is -0.120. The van der Waals surface area contributed by atoms with Gasteiger partial charge in [-0.2, -0.15) is 0 Å². The second-order valence-electron chi connectivity index (χ2n) is 6.49. The smallest absolute Gasteiger partial charge is 0.225 e. The van der Waals surface area contributed by atoms with E-state index in [-0.39, 0.29) is 17.7 Å². The number of amides is 1. The number of nitrogens with one attached hydrogen (secondary N) is 1. The molecule has 1 saturated heterocycles. The van der Waals surface area contributed by atoms with Gasteiger partial charge in [0.05, 0.1) is 22.4 Å². The predicted octanol–water partition coefficient (Wildman–Crippen LogP) is 2.75. The highest BCUT2D eigenvalue weighted by Crippen LogP contribution is 2.29. The third-order valence-electron chi connectivity index (χ3n) is 4.53. The number of carbonyl (C=O) groups is 2. The molecule has 1 N–H and O–H groups in total. The number of piperidine rings is 1. The monoisotopic (exact) mass is 424 g/mol. The largest absolute Gasteiger partial charge is 0.312 e. The fraction of sp³-hybridized carbons (Fsp3) is 0.250. The van der Waals surface area contributed by atoms with Crippen LogP contribution in [-0.2, 0) is 16.0 Å². The fourth-order valence-corrected chi connectivity index (χ4v) is 3.44. The Labute approximate surface area is 165 Å². The van der Waals surface area contributed by atoms with Gasteiger partial charge in [-0.05, 0) is 36.2 Å². The highest BCUT2D eigenvalue weighted by molar-refractivity contribution is 9.09. The van der Waals surface area contributed by atoms with Gasteiger partial charge in [0.25, 0.3) is 0 Å². The standard InChI is InChI=1S/C20H17BrN4O2/c21-11-13(26)9-12-4-5-15-14(10-12)19(16-3-1-2-8-22-16)23-17-6-7-18(27)25-20(17)24-15/h1-5,8,10,17H,6-7,9,11H2,(H,24,25,27)/t17-/m0/s1. The number of Topliss-reactive ketones (excluding diaryl/α,β-unsaturated/α-hetero) is 1. The van der Waals surface area contributed by atoms with Crippen molar-refractivity contribution >= 4 is 44.9 Å². The normalized spacial score (nSPS) is 18.4. The average molecular weight is 425 g/mol. The van der Waals surface area contributed by atoms with Crippen LogP contribution in [0.1, 0.15) is 29.7 Å². The van der Waals surface area contributed by atoms with E-state index in [4.69, 9.17) is 4.99 Å². The van der Waals surface area contributed by atoms with Crippen LogP contribution < -0.4 is 5.32 Å². The van der Waals surface area contributed by atoms with E-state index in [1.54, 1.807) is 6.20 Å². The average Bonchev–Trinajstić information content (AvgIpc) is 2.84. The lowest BCUT2D eigenvalue weighted by atomic mass is 9.99. The molecule has 7 heteroatoms. The van der Waals surface area contributed by atoms with Crippen molar-refractivity contribution in [1.82, 2.24) is 10.3 Å². The maximum atomic E-state index is 11.8. The number of halogens is 1. The van der Waals surface area contributed by atoms with Gasteiger partial charge in [-0.1, -0.05) is 28.1 Å². The maximum Gasteiger partial charge on any atom is 0.225 e. The second kappa shape index (κ2) is 7.52. The molecule has 0 radical (unpaired) electrons. The summed E-state index contributed by atoms with van der Waals surface area (Å²) in [6.07, 6.45) is 3.10. The Kier molecular flexibility index (Phi) is 4.94. The Morgan fingerprint density at radius 3 is 2.93 bits per heavy atom. The summed E-state index contributed by atoms with van der Waals surface area (Å²) in [5, 5.41) is 3.17. The first-order valence-corrected chi connectivity index (χ1v) is 9.85. The van der Waals surface area contributed by atoms with Gasteiger partial charge in [0.15, 0.2) is 0 Å². The summed E-state index contributed by atoms with van der Waals surface area (Å²) < 4.78 is 0. The number of hydrogen-bond acceptors (Lipinski definition) is 5. The van der Waals surface area contributed by atoms with E-state index in [1.807, 2.05) is 36.4 Å². The van der Waals surface area contributed by atoms with Crippen LogP contribution in [0, 0.1) is 0 Å². The fourth-order valence-electron chi connectivity index (χ4n) is 3.24. The van der Waals surface area contributed by atoms with E-state index in [2.05, 4.69) is 31.2 Å². The molecule has 1 aromatic carbocycles. The minimum atomic E-state index is -0.209. The second-order valence-corrected chi connectivity index (χ2v) is 7.05. The topological polar surface area (TPSA) is 83.8 Å². The number of amidine groups is 1. The Morgan fingerprint density at radius 2 is 2.15 bits per heavy atom. The van der Waals surface area contributed by atoms with E-state index in [0.717, 1.165) is 22.5 Å². The number of aromatic nitrogens is 1. The third-order valence-corrected chi connectivity index (χ3v) is 5.15. The van der Waals surface area contributed by atoms with Gasteiger partial charge >= 0.3 is 0 Å². The Bertz CT molecular complexity index is 969. The van der Waals surface area contributed by atoms with Crippen molar-refractivity contribution < 1.29 is 9.59 Å². The molecule has 2 aliphatic rings. The van der Waals surface area contributed by atoms with Crippen LogP contribution in [0.5, 0.6) is 0 Å². The minimum absolute atomic E-state index is 0.0393. The van der Waals surface area contributed by atoms with Gasteiger partial charge in [-0.25, -0.2) is 4.99 Å². The lowest BCUT2D eigenvalue weighted by Crippen LogP contribution is -2.43. The van der Waals surface area contributed by atoms with Gasteiger partial charge in [0.1, 0.15) is 17.7 Å². The molecule has 1 fully saturated rings. The van der Waals surface area contributed by atoms with Crippen LogP contribution in [0.2, 0.25) is 0 Å². The zero-order valence-electron chi connectivity index (χ0n) is 14.5. The molecule has 4 rings (SSSR count). The van der Waals surface area contributed by atoms with Crippen molar-refractivity contribution in [1.29, 1.82) is 0 Å². The zero-order valence-corrected chi connectivity index (χ0v) is 16.1. The van der Waals surface area contributed by atoms with Crippen molar-refractivity contribution in [3.8, 4) is 0 Å². The zero-order chi connectivity index (χ0) is 18.8. The molecule has 27 heavy (non-hydrogen) atoms. The van der Waals surface area contributed by atoms with Crippen molar-refractivity contribution in [2.24, 2.45) is 9.98 Å². The number of pyridine rings is 1. The van der Waals surface area contributed by atoms with Crippen LogP contribution in [-0.4, -0.2) is 39.6 Å². The van der Waals surface area contributed by atoms with E-state index < -0.39 is 0 Å². The van der Waals surface area contributed by atoms with Crippen molar-refractivity contribution in [2.45, 2.75) is 25.3 Å². The molecule has 6 nitrogen and oxygen atoms in total. The summed E-state index contributed by atoms with van der Waals surface area (Å²) in [6.45, 7) is 0. The highest BCUT2D eigenvalue weighted by Gasteiger charge is 2.29. The molecule has 1 atom stereocenters. The molecule has 0 aliphatic carbocycles. The summed E-state index contributed by atoms with van der Waals surface area (Å²) in [4.78, 5) is 37.7. The Balaban J connectivity index is 1.85. The first-order chi connectivity index (χ1) is 13.1. The SMILES string of the molecule is O=C(CBr)Cc1ccc2c(c1)C(c1ccccn1)=N[C@H]1CCC(=O)NC1=N2. The van der Waals surface area contributed by atoms with Crippen molar-refractivity contribution in [3.63, 3.8) is 0 Å². The number of aliphatic imine (C=N–C) groups is 2. The maximum absolute atomic E-state index is 11.8. The predicted molar refractivity (Wildman–Crippen MR) is 107 cm³/mol. The van der Waals surface area contributed by atoms with Gasteiger partial charge in [-0.3, -0.25) is 19.6 Å². The lowest BCUT2D eigenvalue weighted by Gasteiger charge is -2.20. The van der Waals surface area contributed by atoms with E-state index in [9.17, 15) is 9.59 Å². The van der Waals surface area contributed by atoms with Crippen LogP contribution in [0.4, 0.5) is 5.69 Å². The highest BCUT2D eigenvalue weighted by atomic mass is 79.9. The van der Waals surface area contributed by atoms with Crippen LogP contribution >= 0.6 is 15.9 Å². The molecule has 2 aliphatic heterocycles. The Hall–Kier alpha value is -2.67. The van der Waals surface area contributed by atoms with Crippen LogP contribution in [0.3, 0.4) is 0 Å². The number of alkyl halides is 1. The number of nitrogens with zero attached hydrogens (tertiary/aromatic N) is 3. The quantitative estimate of drug-likeness (QED) is 0.765. The van der Waals surface area contributed by atoms with E-state index in [1.165, 1.54) is 0 Å². The molecule has 1 amide bonds. The molecule has 2 aromatic rings. The molecular formula is C20H17BrN4O2. The van der Waals surface area contributed by atoms with E-state index >= 15 is 0 Å². The van der Waals surface area contributed by atoms with Gasteiger partial charge < -0.3 is 5.32 Å². The number of carbonyl (C=O) groups excluding carboxylic acids is 2. The number of ketones is 1. The van der Waals surface area contributed by atoms with Gasteiger partial charge in [0, 0.05) is 24.6 Å². The summed E-state index contributed by atoms with van der Waals surface area (Å²) >= 11 is 3.21. The summed E-state index contributed by atoms with van der Waals surface area (Å²) in [5.74, 6) is 0.637. The minimum Gasteiger partial charge on any atom is -0.312 e. The first kappa shape index (κ1) is 17.7. The molecule has 0 bridgehead atoms. The number of fused-ring (bicyclic) bond motifs is 2. The van der Waals surface area contributed by atoms with E-state index in [0.29, 0.717) is 36.1 Å². The number of hydrogen-bond donors (Lipinski definition) is 1. The molecule has 0 unspecified atom stereocenters. The molecular weight excluding hydrogens is 408 g/mol. The summed E-state index contributed by atoms with van der Waals surface area (Å²) in [6, 6.07) is 11.2. The van der Waals surface area contributed by atoms with Crippen molar-refractivity contribution in [3.05, 3.63) is 59.4 Å². The summed E-state index contributed by atoms with van der Waals surface area (Å²) in [7, 11) is 0. The van der Waals surface area contributed by atoms with Crippen molar-refractivity contribution in [2.75, 3.05) is 5.33 Å². The number of benzene rings is 1. The third kappa shape index (κ3) is 3.73. The van der Waals surface area contributed by atoms with Crippen LogP contribution in [0.15, 0.2) is 52.6 Å². The number of rotatable bonds is 4. The van der Waals surface area contributed by atoms with Gasteiger partial charge in [0.2, 0.25) is 5.91 Å². The molecule has 136 valence electrons. The summed E-state index contributed by atoms with van der Waals surface area (Å²) in [5.41, 5.74) is 3.92. The Morgan fingerprint density at radius 1 is 1.26 bits per heavy atom. The van der Waals surface area contributed by atoms with Crippen LogP contribution in [0.25, 0.3) is 0 Å². The van der Waals surface area contributed by atoms with Gasteiger partial charge in [-0.15, -0.1) is 0 Å². The molecule has 1 aromatic heterocycles. The molecule has 0 saturated carbocycles. The molecule has 3 heterocycles. The molecule has 0 spiro atoms. The first-order valence-electron chi connectivity index (χ1n) is 8.72.